The Morgan fingerprint density at radius 3 is 2.50 bits per heavy atom. The molecule has 3 rings (SSSR count). The Labute approximate surface area is 137 Å². The van der Waals surface area contributed by atoms with E-state index >= 15 is 0 Å². The standard InChI is InChI=1S/C17H13ClN2OS/c1-11-19-16(10-22-11)12-6-8-13(9-7-12)20-17(21)14-4-2-3-5-15(14)18/h2-10H,1H3,(H,20,21). The number of hydrogen-bond donors (Lipinski definition) is 1. The topological polar surface area (TPSA) is 42.0 Å². The van der Waals surface area contributed by atoms with Gasteiger partial charge in [0.2, 0.25) is 0 Å². The van der Waals surface area contributed by atoms with Gasteiger partial charge in [-0.25, -0.2) is 4.98 Å². The van der Waals surface area contributed by atoms with E-state index in [1.807, 2.05) is 36.6 Å². The van der Waals surface area contributed by atoms with Crippen LogP contribution < -0.4 is 5.32 Å². The van der Waals surface area contributed by atoms with Crippen molar-refractivity contribution in [2.24, 2.45) is 0 Å². The summed E-state index contributed by atoms with van der Waals surface area (Å²) >= 11 is 7.64. The number of anilines is 1. The zero-order chi connectivity index (χ0) is 15.5. The number of amides is 1. The molecule has 0 aliphatic heterocycles. The van der Waals surface area contributed by atoms with Crippen molar-refractivity contribution in [3.63, 3.8) is 0 Å². The molecule has 0 bridgehead atoms. The summed E-state index contributed by atoms with van der Waals surface area (Å²) in [6.07, 6.45) is 0. The first-order valence-corrected chi connectivity index (χ1v) is 7.98. The molecule has 1 N–H and O–H groups in total. The summed E-state index contributed by atoms with van der Waals surface area (Å²) < 4.78 is 0. The molecule has 22 heavy (non-hydrogen) atoms. The summed E-state index contributed by atoms with van der Waals surface area (Å²) in [7, 11) is 0. The molecule has 2 aromatic carbocycles. The lowest BCUT2D eigenvalue weighted by atomic mass is 10.1. The summed E-state index contributed by atoms with van der Waals surface area (Å²) in [4.78, 5) is 16.6. The van der Waals surface area contributed by atoms with Crippen molar-refractivity contribution in [3.8, 4) is 11.3 Å². The fourth-order valence-electron chi connectivity index (χ4n) is 2.06. The monoisotopic (exact) mass is 328 g/mol. The van der Waals surface area contributed by atoms with Gasteiger partial charge in [-0.2, -0.15) is 0 Å². The van der Waals surface area contributed by atoms with E-state index in [1.54, 1.807) is 35.6 Å². The lowest BCUT2D eigenvalue weighted by Gasteiger charge is -2.07. The fourth-order valence-corrected chi connectivity index (χ4v) is 2.91. The number of thiazole rings is 1. The molecule has 0 saturated heterocycles. The van der Waals surface area contributed by atoms with Gasteiger partial charge in [0.05, 0.1) is 21.3 Å². The maximum Gasteiger partial charge on any atom is 0.257 e. The third-order valence-corrected chi connectivity index (χ3v) is 4.28. The molecule has 5 heteroatoms. The quantitative estimate of drug-likeness (QED) is 0.733. The number of carbonyl (C=O) groups excluding carboxylic acids is 1. The van der Waals surface area contributed by atoms with E-state index in [2.05, 4.69) is 10.3 Å². The Balaban J connectivity index is 1.76. The zero-order valence-corrected chi connectivity index (χ0v) is 13.4. The Morgan fingerprint density at radius 1 is 1.14 bits per heavy atom. The molecule has 0 aliphatic carbocycles. The summed E-state index contributed by atoms with van der Waals surface area (Å²) in [5, 5.41) is 6.34. The molecule has 0 unspecified atom stereocenters. The molecule has 3 nitrogen and oxygen atoms in total. The lowest BCUT2D eigenvalue weighted by molar-refractivity contribution is 0.102. The molecule has 1 heterocycles. The second kappa shape index (κ2) is 6.30. The lowest BCUT2D eigenvalue weighted by Crippen LogP contribution is -2.12. The predicted octanol–water partition coefficient (Wildman–Crippen LogP) is 5.02. The van der Waals surface area contributed by atoms with Crippen molar-refractivity contribution in [2.75, 3.05) is 5.32 Å². The van der Waals surface area contributed by atoms with Crippen LogP contribution in [0.5, 0.6) is 0 Å². The average Bonchev–Trinajstić information content (AvgIpc) is 2.95. The van der Waals surface area contributed by atoms with Crippen molar-refractivity contribution in [1.29, 1.82) is 0 Å². The van der Waals surface area contributed by atoms with E-state index in [4.69, 9.17) is 11.6 Å². The fraction of sp³-hybridized carbons (Fsp3) is 0.0588. The van der Waals surface area contributed by atoms with Gasteiger partial charge in [-0.1, -0.05) is 35.9 Å². The summed E-state index contributed by atoms with van der Waals surface area (Å²) in [5.74, 6) is -0.220. The molecular formula is C17H13ClN2OS. The van der Waals surface area contributed by atoms with Gasteiger partial charge in [0.15, 0.2) is 0 Å². The van der Waals surface area contributed by atoms with Crippen LogP contribution in [0.1, 0.15) is 15.4 Å². The molecule has 110 valence electrons. The maximum absolute atomic E-state index is 12.2. The number of carbonyl (C=O) groups is 1. The molecule has 0 aliphatic rings. The third kappa shape index (κ3) is 3.18. The highest BCUT2D eigenvalue weighted by molar-refractivity contribution is 7.09. The van der Waals surface area contributed by atoms with Crippen LogP contribution in [0.2, 0.25) is 5.02 Å². The van der Waals surface area contributed by atoms with Gasteiger partial charge in [-0.15, -0.1) is 11.3 Å². The summed E-state index contributed by atoms with van der Waals surface area (Å²) in [6, 6.07) is 14.6. The zero-order valence-electron chi connectivity index (χ0n) is 11.8. The van der Waals surface area contributed by atoms with Crippen LogP contribution in [0.25, 0.3) is 11.3 Å². The van der Waals surface area contributed by atoms with Crippen molar-refractivity contribution in [3.05, 3.63) is 69.5 Å². The van der Waals surface area contributed by atoms with E-state index in [1.165, 1.54) is 0 Å². The number of halogens is 1. The number of hydrogen-bond acceptors (Lipinski definition) is 3. The normalized spacial score (nSPS) is 10.5. The molecule has 0 radical (unpaired) electrons. The van der Waals surface area contributed by atoms with Crippen LogP contribution >= 0.6 is 22.9 Å². The number of nitrogens with one attached hydrogen (secondary N) is 1. The van der Waals surface area contributed by atoms with Crippen LogP contribution in [0.4, 0.5) is 5.69 Å². The van der Waals surface area contributed by atoms with Gasteiger partial charge in [-0.05, 0) is 31.2 Å². The number of aromatic nitrogens is 1. The highest BCUT2D eigenvalue weighted by atomic mass is 35.5. The summed E-state index contributed by atoms with van der Waals surface area (Å²) in [6.45, 7) is 1.98. The Kier molecular flexibility index (Phi) is 4.22. The Hall–Kier alpha value is -2.17. The van der Waals surface area contributed by atoms with E-state index in [0.29, 0.717) is 10.6 Å². The minimum Gasteiger partial charge on any atom is -0.322 e. The number of aryl methyl sites for hydroxylation is 1. The molecule has 0 fully saturated rings. The average molecular weight is 329 g/mol. The second-order valence-electron chi connectivity index (χ2n) is 4.76. The first-order chi connectivity index (χ1) is 10.6. The first-order valence-electron chi connectivity index (χ1n) is 6.72. The van der Waals surface area contributed by atoms with Gasteiger partial charge in [0.25, 0.3) is 5.91 Å². The van der Waals surface area contributed by atoms with Gasteiger partial charge in [0, 0.05) is 16.6 Å². The van der Waals surface area contributed by atoms with E-state index in [9.17, 15) is 4.79 Å². The van der Waals surface area contributed by atoms with E-state index in [0.717, 1.165) is 22.0 Å². The van der Waals surface area contributed by atoms with Crippen molar-refractivity contribution in [1.82, 2.24) is 4.98 Å². The van der Waals surface area contributed by atoms with Crippen LogP contribution in [-0.4, -0.2) is 10.9 Å². The Morgan fingerprint density at radius 2 is 1.86 bits per heavy atom. The number of rotatable bonds is 3. The third-order valence-electron chi connectivity index (χ3n) is 3.18. The van der Waals surface area contributed by atoms with E-state index in [-0.39, 0.29) is 5.91 Å². The van der Waals surface area contributed by atoms with Crippen LogP contribution in [0.3, 0.4) is 0 Å². The molecule has 1 aromatic heterocycles. The smallest absolute Gasteiger partial charge is 0.257 e. The van der Waals surface area contributed by atoms with Crippen molar-refractivity contribution < 1.29 is 4.79 Å². The van der Waals surface area contributed by atoms with Gasteiger partial charge < -0.3 is 5.32 Å². The number of nitrogens with zero attached hydrogens (tertiary/aromatic N) is 1. The largest absolute Gasteiger partial charge is 0.322 e. The van der Waals surface area contributed by atoms with E-state index < -0.39 is 0 Å². The molecular weight excluding hydrogens is 316 g/mol. The minimum atomic E-state index is -0.220. The molecule has 0 atom stereocenters. The van der Waals surface area contributed by atoms with Crippen LogP contribution in [0.15, 0.2) is 53.9 Å². The van der Waals surface area contributed by atoms with Gasteiger partial charge in [-0.3, -0.25) is 4.79 Å². The van der Waals surface area contributed by atoms with Gasteiger partial charge >= 0.3 is 0 Å². The minimum absolute atomic E-state index is 0.220. The van der Waals surface area contributed by atoms with Crippen LogP contribution in [-0.2, 0) is 0 Å². The molecule has 0 spiro atoms. The SMILES string of the molecule is Cc1nc(-c2ccc(NC(=O)c3ccccc3Cl)cc2)cs1. The summed E-state index contributed by atoms with van der Waals surface area (Å²) in [5.41, 5.74) is 3.16. The first kappa shape index (κ1) is 14.8. The molecule has 0 saturated carbocycles. The number of benzene rings is 2. The van der Waals surface area contributed by atoms with Gasteiger partial charge in [0.1, 0.15) is 0 Å². The highest BCUT2D eigenvalue weighted by Crippen LogP contribution is 2.23. The van der Waals surface area contributed by atoms with Crippen LogP contribution in [0, 0.1) is 6.92 Å². The Bertz CT molecular complexity index is 812. The highest BCUT2D eigenvalue weighted by Gasteiger charge is 2.10. The second-order valence-corrected chi connectivity index (χ2v) is 6.23. The van der Waals surface area contributed by atoms with Crippen molar-refractivity contribution >= 4 is 34.5 Å². The molecule has 1 amide bonds. The maximum atomic E-state index is 12.2. The molecule has 3 aromatic rings. The predicted molar refractivity (Wildman–Crippen MR) is 91.7 cm³/mol. The van der Waals surface area contributed by atoms with Crippen molar-refractivity contribution in [2.45, 2.75) is 6.92 Å².